The van der Waals surface area contributed by atoms with Crippen molar-refractivity contribution in [3.8, 4) is 0 Å². The van der Waals surface area contributed by atoms with E-state index < -0.39 is 0 Å². The minimum atomic E-state index is -0.281. The minimum absolute atomic E-state index is 0.0557. The van der Waals surface area contributed by atoms with E-state index in [-0.39, 0.29) is 12.4 Å². The van der Waals surface area contributed by atoms with Crippen LogP contribution in [0.25, 0.3) is 0 Å². The van der Waals surface area contributed by atoms with Gasteiger partial charge in [-0.3, -0.25) is 0 Å². The van der Waals surface area contributed by atoms with Crippen molar-refractivity contribution in [2.45, 2.75) is 19.0 Å². The molecule has 20 heavy (non-hydrogen) atoms. The molecule has 2 aromatic carbocycles. The smallest absolute Gasteiger partial charge is 0.184 e. The van der Waals surface area contributed by atoms with Gasteiger partial charge in [0.25, 0.3) is 0 Å². The fraction of sp³-hybridized carbons (Fsp3) is 0.294. The summed E-state index contributed by atoms with van der Waals surface area (Å²) in [6, 6.07) is 18.3. The Kier molecular flexibility index (Phi) is 4.11. The molecule has 2 atom stereocenters. The summed E-state index contributed by atoms with van der Waals surface area (Å²) in [6.45, 7) is 1.13. The van der Waals surface area contributed by atoms with Gasteiger partial charge in [-0.25, -0.2) is 0 Å². The van der Waals surface area contributed by atoms with Crippen molar-refractivity contribution in [2.75, 3.05) is 13.7 Å². The van der Waals surface area contributed by atoms with E-state index in [1.165, 1.54) is 5.56 Å². The first-order valence-electron chi connectivity index (χ1n) is 6.77. The molecule has 0 saturated carbocycles. The van der Waals surface area contributed by atoms with E-state index >= 15 is 0 Å². The van der Waals surface area contributed by atoms with E-state index in [0.29, 0.717) is 13.2 Å². The average Bonchev–Trinajstić information content (AvgIpc) is 2.87. The molecule has 0 aliphatic carbocycles. The van der Waals surface area contributed by atoms with Crippen LogP contribution in [-0.2, 0) is 20.8 Å². The van der Waals surface area contributed by atoms with Crippen LogP contribution in [-0.4, -0.2) is 13.7 Å². The number of hydrogen-bond donors (Lipinski definition) is 0. The summed E-state index contributed by atoms with van der Waals surface area (Å²) in [5, 5.41) is 0. The molecular formula is C17H18O3. The summed E-state index contributed by atoms with van der Waals surface area (Å²) < 4.78 is 17.0. The van der Waals surface area contributed by atoms with Crippen molar-refractivity contribution < 1.29 is 14.2 Å². The molecule has 0 bridgehead atoms. The highest BCUT2D eigenvalue weighted by Gasteiger charge is 2.31. The lowest BCUT2D eigenvalue weighted by Crippen LogP contribution is -2.08. The first-order valence-corrected chi connectivity index (χ1v) is 6.77. The second kappa shape index (κ2) is 6.18. The fourth-order valence-corrected chi connectivity index (χ4v) is 2.48. The van der Waals surface area contributed by atoms with Crippen molar-refractivity contribution in [3.05, 3.63) is 71.3 Å². The van der Waals surface area contributed by atoms with Crippen LogP contribution >= 0.6 is 0 Å². The predicted molar refractivity (Wildman–Crippen MR) is 76.1 cm³/mol. The number of rotatable bonds is 5. The largest absolute Gasteiger partial charge is 0.374 e. The van der Waals surface area contributed by atoms with Crippen molar-refractivity contribution >= 4 is 0 Å². The highest BCUT2D eigenvalue weighted by molar-refractivity contribution is 5.33. The lowest BCUT2D eigenvalue weighted by Gasteiger charge is -2.13. The van der Waals surface area contributed by atoms with Crippen LogP contribution < -0.4 is 0 Å². The Balaban J connectivity index is 1.62. The monoisotopic (exact) mass is 270 g/mol. The second-order valence-corrected chi connectivity index (χ2v) is 4.82. The van der Waals surface area contributed by atoms with Gasteiger partial charge in [0.2, 0.25) is 0 Å². The summed E-state index contributed by atoms with van der Waals surface area (Å²) >= 11 is 0. The maximum Gasteiger partial charge on any atom is 0.184 e. The Bertz CT molecular complexity index is 553. The summed E-state index contributed by atoms with van der Waals surface area (Å²) in [5.41, 5.74) is 3.43. The zero-order chi connectivity index (χ0) is 13.8. The molecule has 104 valence electrons. The molecule has 1 aliphatic rings. The minimum Gasteiger partial charge on any atom is -0.374 e. The second-order valence-electron chi connectivity index (χ2n) is 4.82. The Morgan fingerprint density at radius 1 is 0.950 bits per heavy atom. The Labute approximate surface area is 119 Å². The van der Waals surface area contributed by atoms with Crippen LogP contribution in [0.3, 0.4) is 0 Å². The van der Waals surface area contributed by atoms with E-state index in [1.54, 1.807) is 7.11 Å². The lowest BCUT2D eigenvalue weighted by molar-refractivity contribution is -0.157. The molecule has 1 heterocycles. The molecule has 0 amide bonds. The standard InChI is InChI=1S/C17H18O3/c1-18-17-15-10-6-5-9-14(15)16(20-17)12-19-11-13-7-3-2-4-8-13/h2-10,16-17H,11-12H2,1H3/t16-,17-/m0/s1. The van der Waals surface area contributed by atoms with Gasteiger partial charge in [0, 0.05) is 12.7 Å². The normalized spacial score (nSPS) is 20.9. The van der Waals surface area contributed by atoms with Crippen LogP contribution in [0.15, 0.2) is 54.6 Å². The van der Waals surface area contributed by atoms with Crippen LogP contribution in [0, 0.1) is 0 Å². The SMILES string of the molecule is CO[C@H]1O[C@@H](COCc2ccccc2)c2ccccc21. The Morgan fingerprint density at radius 3 is 2.40 bits per heavy atom. The molecule has 3 rings (SSSR count). The van der Waals surface area contributed by atoms with Gasteiger partial charge in [-0.05, 0) is 11.1 Å². The Morgan fingerprint density at radius 2 is 1.65 bits per heavy atom. The maximum absolute atomic E-state index is 5.87. The summed E-state index contributed by atoms with van der Waals surface area (Å²) in [4.78, 5) is 0. The predicted octanol–water partition coefficient (Wildman–Crippen LogP) is 3.62. The number of fused-ring (bicyclic) bond motifs is 1. The third-order valence-electron chi connectivity index (χ3n) is 3.48. The van der Waals surface area contributed by atoms with Crippen molar-refractivity contribution in [1.82, 2.24) is 0 Å². The van der Waals surface area contributed by atoms with Crippen LogP contribution in [0.1, 0.15) is 29.1 Å². The van der Waals surface area contributed by atoms with Crippen molar-refractivity contribution in [1.29, 1.82) is 0 Å². The van der Waals surface area contributed by atoms with Gasteiger partial charge in [0.05, 0.1) is 13.2 Å². The lowest BCUT2D eigenvalue weighted by atomic mass is 10.1. The third kappa shape index (κ3) is 2.75. The topological polar surface area (TPSA) is 27.7 Å². The first kappa shape index (κ1) is 13.3. The van der Waals surface area contributed by atoms with Gasteiger partial charge < -0.3 is 14.2 Å². The zero-order valence-electron chi connectivity index (χ0n) is 11.5. The number of hydrogen-bond acceptors (Lipinski definition) is 3. The van der Waals surface area contributed by atoms with Crippen molar-refractivity contribution in [2.24, 2.45) is 0 Å². The highest BCUT2D eigenvalue weighted by Crippen LogP contribution is 2.39. The first-order chi connectivity index (χ1) is 9.88. The molecule has 2 aromatic rings. The molecule has 0 unspecified atom stereocenters. The van der Waals surface area contributed by atoms with Crippen LogP contribution in [0.4, 0.5) is 0 Å². The zero-order valence-corrected chi connectivity index (χ0v) is 11.5. The fourth-order valence-electron chi connectivity index (χ4n) is 2.48. The highest BCUT2D eigenvalue weighted by atomic mass is 16.7. The van der Waals surface area contributed by atoms with E-state index in [9.17, 15) is 0 Å². The Hall–Kier alpha value is -1.68. The maximum atomic E-state index is 5.87. The molecule has 0 saturated heterocycles. The summed E-state index contributed by atoms with van der Waals surface area (Å²) in [6.07, 6.45) is -0.337. The summed E-state index contributed by atoms with van der Waals surface area (Å²) in [5.74, 6) is 0. The molecule has 0 radical (unpaired) electrons. The van der Waals surface area contributed by atoms with Gasteiger partial charge in [-0.15, -0.1) is 0 Å². The number of benzene rings is 2. The van der Waals surface area contributed by atoms with Crippen LogP contribution in [0.2, 0.25) is 0 Å². The average molecular weight is 270 g/mol. The van der Waals surface area contributed by atoms with E-state index in [1.807, 2.05) is 36.4 Å². The molecule has 0 N–H and O–H groups in total. The molecule has 3 nitrogen and oxygen atoms in total. The summed E-state index contributed by atoms with van der Waals surface area (Å²) in [7, 11) is 1.66. The van der Waals surface area contributed by atoms with Gasteiger partial charge in [-0.2, -0.15) is 0 Å². The molecule has 3 heteroatoms. The van der Waals surface area contributed by atoms with Gasteiger partial charge in [0.15, 0.2) is 6.29 Å². The van der Waals surface area contributed by atoms with E-state index in [0.717, 1.165) is 11.1 Å². The van der Waals surface area contributed by atoms with Gasteiger partial charge in [-0.1, -0.05) is 54.6 Å². The molecular weight excluding hydrogens is 252 g/mol. The molecule has 0 aromatic heterocycles. The number of ether oxygens (including phenoxy) is 3. The third-order valence-corrected chi connectivity index (χ3v) is 3.48. The van der Waals surface area contributed by atoms with Gasteiger partial charge >= 0.3 is 0 Å². The molecule has 1 aliphatic heterocycles. The van der Waals surface area contributed by atoms with Gasteiger partial charge in [0.1, 0.15) is 6.10 Å². The molecule has 0 spiro atoms. The quantitative estimate of drug-likeness (QED) is 0.830. The van der Waals surface area contributed by atoms with Crippen molar-refractivity contribution in [3.63, 3.8) is 0 Å². The van der Waals surface area contributed by atoms with E-state index in [2.05, 4.69) is 18.2 Å². The van der Waals surface area contributed by atoms with E-state index in [4.69, 9.17) is 14.2 Å². The molecule has 0 fully saturated rings. The van der Waals surface area contributed by atoms with Crippen LogP contribution in [0.5, 0.6) is 0 Å². The number of methoxy groups -OCH3 is 1.